The van der Waals surface area contributed by atoms with Crippen LogP contribution in [0.2, 0.25) is 0 Å². The number of primary amides is 1. The molecule has 0 radical (unpaired) electrons. The Morgan fingerprint density at radius 1 is 1.12 bits per heavy atom. The van der Waals surface area contributed by atoms with Gasteiger partial charge in [0.05, 0.1) is 24.3 Å². The lowest BCUT2D eigenvalue weighted by atomic mass is 9.96. The van der Waals surface area contributed by atoms with Gasteiger partial charge in [-0.05, 0) is 56.6 Å². The Kier molecular flexibility index (Phi) is 10.1. The molecule has 14 heteroatoms. The standard InChI is InChI=1S/C36H38F2N6O6/c1-3-24-29(41-34(47)32(24)38)19-50-35-26-16-30(49-2)27(33(39)46)15-25(26)21(17-40-35)5-4-20-8-11-43(12-9-20)18-22-6-7-23(14-28(22)37)44-13-10-31(45)42-36(44)48/h6-7,14-17,20,24,29,32H,3,8-13,18-19H2,1-2H3,(H2,39,46)(H,41,47)(H,42,45,48)/t24-,29+,32-/m0/s1. The maximum absolute atomic E-state index is 15.1. The number of carbonyl (C=O) groups is 4. The number of benzene rings is 2. The number of nitrogens with zero attached hydrogens (tertiary/aromatic N) is 3. The van der Waals surface area contributed by atoms with Gasteiger partial charge in [0.1, 0.15) is 18.2 Å². The first-order valence-corrected chi connectivity index (χ1v) is 16.6. The van der Waals surface area contributed by atoms with Crippen molar-refractivity contribution in [2.24, 2.45) is 17.6 Å². The fraction of sp³-hybridized carbons (Fsp3) is 0.417. The number of halogens is 2. The third-order valence-corrected chi connectivity index (χ3v) is 9.57. The number of amides is 5. The van der Waals surface area contributed by atoms with E-state index in [-0.39, 0.29) is 48.6 Å². The molecule has 0 unspecified atom stereocenters. The van der Waals surface area contributed by atoms with Crippen LogP contribution in [-0.2, 0) is 16.1 Å². The zero-order valence-electron chi connectivity index (χ0n) is 27.8. The average molecular weight is 689 g/mol. The van der Waals surface area contributed by atoms with E-state index < -0.39 is 41.8 Å². The molecule has 5 amide bonds. The normalized spacial score (nSPS) is 21.4. The highest BCUT2D eigenvalue weighted by Crippen LogP contribution is 2.34. The molecular weight excluding hydrogens is 650 g/mol. The van der Waals surface area contributed by atoms with E-state index in [1.54, 1.807) is 30.5 Å². The van der Waals surface area contributed by atoms with Gasteiger partial charge in [-0.1, -0.05) is 24.8 Å². The number of urea groups is 1. The van der Waals surface area contributed by atoms with Gasteiger partial charge in [0.2, 0.25) is 11.8 Å². The maximum Gasteiger partial charge on any atom is 0.328 e. The van der Waals surface area contributed by atoms with Crippen molar-refractivity contribution >= 4 is 40.2 Å². The van der Waals surface area contributed by atoms with Crippen molar-refractivity contribution in [2.75, 3.05) is 38.3 Å². The zero-order valence-corrected chi connectivity index (χ0v) is 27.8. The maximum atomic E-state index is 15.1. The van der Waals surface area contributed by atoms with Crippen molar-refractivity contribution in [3.8, 4) is 23.5 Å². The zero-order chi connectivity index (χ0) is 35.5. The third-order valence-electron chi connectivity index (χ3n) is 9.57. The first-order valence-electron chi connectivity index (χ1n) is 16.6. The lowest BCUT2D eigenvalue weighted by Crippen LogP contribution is -2.49. The molecule has 6 rings (SSSR count). The minimum absolute atomic E-state index is 0.00204. The van der Waals surface area contributed by atoms with Gasteiger partial charge in [-0.15, -0.1) is 0 Å². The molecule has 1 aromatic heterocycles. The van der Waals surface area contributed by atoms with Gasteiger partial charge < -0.3 is 20.5 Å². The van der Waals surface area contributed by atoms with E-state index in [1.165, 1.54) is 18.1 Å². The first kappa shape index (κ1) is 34.6. The van der Waals surface area contributed by atoms with Crippen molar-refractivity contribution in [2.45, 2.75) is 51.4 Å². The second-order valence-electron chi connectivity index (χ2n) is 12.7. The smallest absolute Gasteiger partial charge is 0.328 e. The van der Waals surface area contributed by atoms with Crippen molar-refractivity contribution < 1.29 is 37.4 Å². The van der Waals surface area contributed by atoms with Gasteiger partial charge in [-0.2, -0.15) is 0 Å². The number of fused-ring (bicyclic) bond motifs is 1. The summed E-state index contributed by atoms with van der Waals surface area (Å²) in [5, 5.41) is 6.00. The largest absolute Gasteiger partial charge is 0.496 e. The van der Waals surface area contributed by atoms with E-state index in [2.05, 4.69) is 32.4 Å². The fourth-order valence-corrected chi connectivity index (χ4v) is 6.71. The van der Waals surface area contributed by atoms with Crippen LogP contribution in [0.4, 0.5) is 19.3 Å². The van der Waals surface area contributed by atoms with Gasteiger partial charge in [0.15, 0.2) is 6.17 Å². The van der Waals surface area contributed by atoms with Crippen molar-refractivity contribution in [3.05, 3.63) is 59.0 Å². The average Bonchev–Trinajstić information content (AvgIpc) is 3.38. The molecule has 50 heavy (non-hydrogen) atoms. The Balaban J connectivity index is 1.15. The molecule has 3 aliphatic rings. The Labute approximate surface area is 287 Å². The van der Waals surface area contributed by atoms with Crippen LogP contribution in [0, 0.1) is 29.5 Å². The van der Waals surface area contributed by atoms with Crippen LogP contribution in [0.5, 0.6) is 11.6 Å². The van der Waals surface area contributed by atoms with Crippen molar-refractivity contribution in [1.82, 2.24) is 20.5 Å². The summed E-state index contributed by atoms with van der Waals surface area (Å²) in [6, 6.07) is 6.80. The second kappa shape index (κ2) is 14.7. The molecule has 4 N–H and O–H groups in total. The number of hydrogen-bond acceptors (Lipinski definition) is 8. The Hall–Kier alpha value is -5.29. The van der Waals surface area contributed by atoms with E-state index in [9.17, 15) is 23.6 Å². The molecule has 262 valence electrons. The van der Waals surface area contributed by atoms with Crippen LogP contribution in [0.3, 0.4) is 0 Å². The number of piperidine rings is 1. The van der Waals surface area contributed by atoms with Crippen LogP contribution in [0.25, 0.3) is 10.8 Å². The Bertz CT molecular complexity index is 1900. The van der Waals surface area contributed by atoms with E-state index >= 15 is 4.39 Å². The SMILES string of the molecule is CC[C@@H]1[C@H](F)C(=O)N[C@@H]1COc1ncc(C#CC2CCN(Cc3ccc(N4CCC(=O)NC4=O)cc3F)CC2)c2cc(C(N)=O)c(OC)cc12. The van der Waals surface area contributed by atoms with Crippen LogP contribution < -0.4 is 30.7 Å². The number of pyridine rings is 1. The fourth-order valence-electron chi connectivity index (χ4n) is 6.71. The number of rotatable bonds is 9. The number of anilines is 1. The number of imide groups is 1. The van der Waals surface area contributed by atoms with Gasteiger partial charge in [-0.3, -0.25) is 29.5 Å². The van der Waals surface area contributed by atoms with Crippen LogP contribution in [-0.4, -0.2) is 79.2 Å². The number of nitrogens with two attached hydrogens (primary N) is 1. The van der Waals surface area contributed by atoms with E-state index in [4.69, 9.17) is 15.2 Å². The number of nitrogens with one attached hydrogen (secondary N) is 2. The Morgan fingerprint density at radius 3 is 2.58 bits per heavy atom. The quantitative estimate of drug-likeness (QED) is 0.289. The highest BCUT2D eigenvalue weighted by atomic mass is 19.1. The molecule has 2 aromatic carbocycles. The van der Waals surface area contributed by atoms with E-state index in [0.717, 1.165) is 12.8 Å². The molecule has 0 aliphatic carbocycles. The molecule has 3 aliphatic heterocycles. The van der Waals surface area contributed by atoms with E-state index in [1.807, 2.05) is 6.92 Å². The lowest BCUT2D eigenvalue weighted by Gasteiger charge is -2.30. The van der Waals surface area contributed by atoms with Gasteiger partial charge in [0, 0.05) is 59.6 Å². The predicted molar refractivity (Wildman–Crippen MR) is 180 cm³/mol. The monoisotopic (exact) mass is 688 g/mol. The summed E-state index contributed by atoms with van der Waals surface area (Å²) >= 11 is 0. The number of ether oxygens (including phenoxy) is 2. The molecule has 4 heterocycles. The number of likely N-dealkylation sites (tertiary alicyclic amines) is 1. The molecule has 0 saturated carbocycles. The summed E-state index contributed by atoms with van der Waals surface area (Å²) in [6.45, 7) is 3.81. The summed E-state index contributed by atoms with van der Waals surface area (Å²) in [4.78, 5) is 55.8. The number of alkyl halides is 1. The minimum atomic E-state index is -1.60. The number of methoxy groups -OCH3 is 1. The molecule has 3 saturated heterocycles. The van der Waals surface area contributed by atoms with Crippen molar-refractivity contribution in [1.29, 1.82) is 0 Å². The summed E-state index contributed by atoms with van der Waals surface area (Å²) in [6.07, 6.45) is 2.08. The summed E-state index contributed by atoms with van der Waals surface area (Å²) in [5.74, 6) is 4.45. The minimum Gasteiger partial charge on any atom is -0.496 e. The molecule has 3 atom stereocenters. The van der Waals surface area contributed by atoms with Gasteiger partial charge >= 0.3 is 6.03 Å². The first-order chi connectivity index (χ1) is 24.1. The van der Waals surface area contributed by atoms with E-state index in [0.29, 0.717) is 53.6 Å². The molecule has 12 nitrogen and oxygen atoms in total. The van der Waals surface area contributed by atoms with Crippen molar-refractivity contribution in [3.63, 3.8) is 0 Å². The molecule has 3 aromatic rings. The van der Waals surface area contributed by atoms with Gasteiger partial charge in [0.25, 0.3) is 11.8 Å². The van der Waals surface area contributed by atoms with Crippen LogP contribution in [0.1, 0.15) is 54.1 Å². The molecule has 0 bridgehead atoms. The molecular formula is C36H38F2N6O6. The van der Waals surface area contributed by atoms with Gasteiger partial charge in [-0.25, -0.2) is 18.6 Å². The predicted octanol–water partition coefficient (Wildman–Crippen LogP) is 3.43. The Morgan fingerprint density at radius 2 is 1.90 bits per heavy atom. The highest BCUT2D eigenvalue weighted by molar-refractivity contribution is 6.05. The lowest BCUT2D eigenvalue weighted by molar-refractivity contribution is -0.124. The van der Waals surface area contributed by atoms with Crippen LogP contribution >= 0.6 is 0 Å². The summed E-state index contributed by atoms with van der Waals surface area (Å²) in [7, 11) is 1.42. The topological polar surface area (TPSA) is 156 Å². The summed E-state index contributed by atoms with van der Waals surface area (Å²) in [5.41, 5.74) is 7.28. The molecule has 0 spiro atoms. The second-order valence-corrected chi connectivity index (χ2v) is 12.7. The molecule has 3 fully saturated rings. The number of hydrogen-bond donors (Lipinski definition) is 3. The third kappa shape index (κ3) is 7.18. The summed E-state index contributed by atoms with van der Waals surface area (Å²) < 4.78 is 40.9. The van der Waals surface area contributed by atoms with Crippen LogP contribution in [0.15, 0.2) is 36.5 Å². The number of carbonyl (C=O) groups excluding carboxylic acids is 4. The highest BCUT2D eigenvalue weighted by Gasteiger charge is 2.42. The number of aromatic nitrogens is 1.